The summed E-state index contributed by atoms with van der Waals surface area (Å²) in [6.07, 6.45) is 1.94. The van der Waals surface area contributed by atoms with Crippen LogP contribution in [0.2, 0.25) is 0 Å². The molecule has 1 aliphatic rings. The Labute approximate surface area is 147 Å². The van der Waals surface area contributed by atoms with E-state index in [1.807, 2.05) is 0 Å². The first-order valence-corrected chi connectivity index (χ1v) is 8.09. The molecule has 1 unspecified atom stereocenters. The number of carbonyl (C=O) groups excluding carboxylic acids is 1. The highest BCUT2D eigenvalue weighted by molar-refractivity contribution is 5.93. The van der Waals surface area contributed by atoms with Gasteiger partial charge in [-0.2, -0.15) is 0 Å². The molecule has 140 valence electrons. The molecule has 1 atom stereocenters. The molecule has 0 bridgehead atoms. The van der Waals surface area contributed by atoms with E-state index in [9.17, 15) is 18.7 Å². The van der Waals surface area contributed by atoms with Crippen LogP contribution < -0.4 is 10.5 Å². The number of aromatic nitrogens is 1. The molecular weight excluding hydrogens is 350 g/mol. The van der Waals surface area contributed by atoms with Crippen LogP contribution >= 0.6 is 0 Å². The number of nitrogens with zero attached hydrogens (tertiary/aromatic N) is 1. The fraction of sp³-hybridized carbons (Fsp3) is 0.412. The number of nitrogens with two attached hydrogens (primary N) is 1. The average Bonchev–Trinajstić information content (AvgIpc) is 3.11. The van der Waals surface area contributed by atoms with Crippen molar-refractivity contribution >= 4 is 5.91 Å². The van der Waals surface area contributed by atoms with Crippen LogP contribution in [0.3, 0.4) is 0 Å². The van der Waals surface area contributed by atoms with Crippen molar-refractivity contribution in [1.29, 1.82) is 0 Å². The van der Waals surface area contributed by atoms with Gasteiger partial charge in [-0.25, -0.2) is 13.8 Å². The van der Waals surface area contributed by atoms with Crippen LogP contribution in [0.5, 0.6) is 5.75 Å². The smallest absolute Gasteiger partial charge is 0.254 e. The third-order valence-corrected chi connectivity index (χ3v) is 4.19. The van der Waals surface area contributed by atoms with E-state index < -0.39 is 41.6 Å². The fourth-order valence-corrected chi connectivity index (χ4v) is 2.80. The lowest BCUT2D eigenvalue weighted by Gasteiger charge is -2.19. The van der Waals surface area contributed by atoms with Crippen LogP contribution in [0.25, 0.3) is 0 Å². The maximum absolute atomic E-state index is 14.3. The second kappa shape index (κ2) is 7.79. The normalized spacial score (nSPS) is 16.4. The van der Waals surface area contributed by atoms with Gasteiger partial charge in [0, 0.05) is 19.1 Å². The fourth-order valence-electron chi connectivity index (χ4n) is 2.80. The van der Waals surface area contributed by atoms with E-state index in [1.54, 1.807) is 0 Å². The molecule has 26 heavy (non-hydrogen) atoms. The Kier molecular flexibility index (Phi) is 5.48. The zero-order valence-electron chi connectivity index (χ0n) is 13.8. The standard InChI is InChI=1S/C17H18F2N2O5/c18-10-1-2-12(15(19)14(10)16(20)23)26-13(7-22)17-21-11(8-25-17)9-3-5-24-6-4-9/h1-2,8-9,13,22H,3-7H2,(H2,20,23). The van der Waals surface area contributed by atoms with Crippen LogP contribution in [0, 0.1) is 11.6 Å². The highest BCUT2D eigenvalue weighted by atomic mass is 19.1. The largest absolute Gasteiger partial charge is 0.475 e. The summed E-state index contributed by atoms with van der Waals surface area (Å²) in [4.78, 5) is 15.5. The number of halogens is 2. The molecule has 1 aliphatic heterocycles. The minimum Gasteiger partial charge on any atom is -0.475 e. The molecule has 2 aromatic rings. The number of aliphatic hydroxyl groups excluding tert-OH is 1. The van der Waals surface area contributed by atoms with Crippen molar-refractivity contribution < 1.29 is 32.6 Å². The van der Waals surface area contributed by atoms with E-state index in [0.717, 1.165) is 25.0 Å². The second-order valence-electron chi connectivity index (χ2n) is 5.89. The van der Waals surface area contributed by atoms with Gasteiger partial charge >= 0.3 is 0 Å². The molecule has 1 aromatic heterocycles. The molecule has 7 nitrogen and oxygen atoms in total. The molecule has 1 saturated heterocycles. The van der Waals surface area contributed by atoms with Crippen molar-refractivity contribution in [1.82, 2.24) is 4.98 Å². The topological polar surface area (TPSA) is 108 Å². The lowest BCUT2D eigenvalue weighted by Crippen LogP contribution is -2.18. The first kappa shape index (κ1) is 18.3. The number of amides is 1. The van der Waals surface area contributed by atoms with Gasteiger partial charge in [-0.3, -0.25) is 4.79 Å². The minimum atomic E-state index is -1.26. The third kappa shape index (κ3) is 3.68. The summed E-state index contributed by atoms with van der Waals surface area (Å²) in [5.74, 6) is -3.81. The van der Waals surface area contributed by atoms with Gasteiger partial charge in [0.1, 0.15) is 17.6 Å². The van der Waals surface area contributed by atoms with E-state index in [2.05, 4.69) is 4.98 Å². The molecular formula is C17H18F2N2O5. The monoisotopic (exact) mass is 368 g/mol. The van der Waals surface area contributed by atoms with Gasteiger partial charge < -0.3 is 24.7 Å². The van der Waals surface area contributed by atoms with Crippen molar-refractivity contribution in [3.8, 4) is 5.75 Å². The first-order chi connectivity index (χ1) is 12.5. The van der Waals surface area contributed by atoms with Gasteiger partial charge in [0.2, 0.25) is 5.89 Å². The SMILES string of the molecule is NC(=O)c1c(F)ccc(OC(CO)c2nc(C3CCOCC3)co2)c1F. The number of aliphatic hydroxyl groups is 1. The number of primary amides is 1. The second-order valence-corrected chi connectivity index (χ2v) is 5.89. The molecule has 1 fully saturated rings. The molecule has 0 aliphatic carbocycles. The molecule has 3 rings (SSSR count). The van der Waals surface area contributed by atoms with E-state index in [-0.39, 0.29) is 11.8 Å². The molecule has 0 saturated carbocycles. The molecule has 3 N–H and O–H groups in total. The van der Waals surface area contributed by atoms with Crippen molar-refractivity contribution in [2.45, 2.75) is 24.9 Å². The predicted molar refractivity (Wildman–Crippen MR) is 84.6 cm³/mol. The maximum atomic E-state index is 14.3. The Morgan fingerprint density at radius 3 is 2.77 bits per heavy atom. The average molecular weight is 368 g/mol. The van der Waals surface area contributed by atoms with Crippen LogP contribution in [0.15, 0.2) is 22.8 Å². The summed E-state index contributed by atoms with van der Waals surface area (Å²) in [6.45, 7) is 0.698. The van der Waals surface area contributed by atoms with Crippen molar-refractivity contribution in [3.05, 3.63) is 47.2 Å². The lowest BCUT2D eigenvalue weighted by atomic mass is 9.97. The van der Waals surface area contributed by atoms with Crippen LogP contribution in [-0.4, -0.2) is 35.8 Å². The molecule has 0 radical (unpaired) electrons. The van der Waals surface area contributed by atoms with Gasteiger partial charge in [-0.1, -0.05) is 0 Å². The maximum Gasteiger partial charge on any atom is 0.254 e. The number of benzene rings is 1. The molecule has 9 heteroatoms. The van der Waals surface area contributed by atoms with Gasteiger partial charge in [-0.05, 0) is 25.0 Å². The predicted octanol–water partition coefficient (Wildman–Crippen LogP) is 2.06. The Morgan fingerprint density at radius 2 is 2.12 bits per heavy atom. The van der Waals surface area contributed by atoms with Crippen LogP contribution in [0.4, 0.5) is 8.78 Å². The zero-order chi connectivity index (χ0) is 18.7. The first-order valence-electron chi connectivity index (χ1n) is 8.09. The summed E-state index contributed by atoms with van der Waals surface area (Å²) in [5.41, 5.74) is 4.77. The summed E-state index contributed by atoms with van der Waals surface area (Å²) < 4.78 is 43.8. The van der Waals surface area contributed by atoms with E-state index in [0.29, 0.717) is 18.9 Å². The lowest BCUT2D eigenvalue weighted by molar-refractivity contribution is 0.0839. The van der Waals surface area contributed by atoms with Gasteiger partial charge in [-0.15, -0.1) is 0 Å². The number of ether oxygens (including phenoxy) is 2. The highest BCUT2D eigenvalue weighted by Crippen LogP contribution is 2.30. The molecule has 2 heterocycles. The van der Waals surface area contributed by atoms with Crippen LogP contribution in [0.1, 0.15) is 46.8 Å². The summed E-state index contributed by atoms with van der Waals surface area (Å²) in [7, 11) is 0. The third-order valence-electron chi connectivity index (χ3n) is 4.19. The Morgan fingerprint density at radius 1 is 1.38 bits per heavy atom. The van der Waals surface area contributed by atoms with E-state index in [1.165, 1.54) is 6.26 Å². The van der Waals surface area contributed by atoms with Gasteiger partial charge in [0.15, 0.2) is 17.7 Å². The zero-order valence-corrected chi connectivity index (χ0v) is 13.8. The number of oxazole rings is 1. The Hall–Kier alpha value is -2.52. The number of hydrogen-bond donors (Lipinski definition) is 2. The molecule has 1 amide bonds. The molecule has 1 aromatic carbocycles. The Balaban J connectivity index is 1.81. The molecule has 0 spiro atoms. The van der Waals surface area contributed by atoms with Crippen LogP contribution in [-0.2, 0) is 4.74 Å². The van der Waals surface area contributed by atoms with Crippen molar-refractivity contribution in [3.63, 3.8) is 0 Å². The quantitative estimate of drug-likeness (QED) is 0.808. The highest BCUT2D eigenvalue weighted by Gasteiger charge is 2.26. The summed E-state index contributed by atoms with van der Waals surface area (Å²) >= 11 is 0. The number of carbonyl (C=O) groups is 1. The number of hydrogen-bond acceptors (Lipinski definition) is 6. The Bertz CT molecular complexity index is 789. The van der Waals surface area contributed by atoms with Crippen molar-refractivity contribution in [2.24, 2.45) is 5.73 Å². The van der Waals surface area contributed by atoms with E-state index >= 15 is 0 Å². The summed E-state index contributed by atoms with van der Waals surface area (Å²) in [6, 6.07) is 1.86. The van der Waals surface area contributed by atoms with Gasteiger partial charge in [0.05, 0.1) is 12.3 Å². The summed E-state index contributed by atoms with van der Waals surface area (Å²) in [5, 5.41) is 9.55. The minimum absolute atomic E-state index is 0.0540. The van der Waals surface area contributed by atoms with Crippen molar-refractivity contribution in [2.75, 3.05) is 19.8 Å². The van der Waals surface area contributed by atoms with Gasteiger partial charge in [0.25, 0.3) is 5.91 Å². The number of rotatable bonds is 6. The van der Waals surface area contributed by atoms with E-state index in [4.69, 9.17) is 19.6 Å².